The maximum atomic E-state index is 4.39. The van der Waals surface area contributed by atoms with Crippen LogP contribution in [-0.2, 0) is 0 Å². The fraction of sp³-hybridized carbons (Fsp3) is 0.0833. The topological polar surface area (TPSA) is 81.4 Å². The minimum atomic E-state index is 0.541. The van der Waals surface area contributed by atoms with Crippen molar-refractivity contribution < 1.29 is 0 Å². The molecule has 1 aromatic carbocycles. The number of anilines is 1. The number of para-hydroxylation sites is 1. The first-order valence-corrected chi connectivity index (χ1v) is 7.61. The summed E-state index contributed by atoms with van der Waals surface area (Å²) in [5.74, 6) is 0.541. The molecule has 0 aliphatic heterocycles. The molecule has 0 fully saturated rings. The number of benzene rings is 1. The van der Waals surface area contributed by atoms with E-state index >= 15 is 0 Å². The Morgan fingerprint density at radius 3 is 2.81 bits per heavy atom. The number of hydrogen-bond acceptors (Lipinski definition) is 7. The molecular weight excluding hydrogens is 354 g/mol. The summed E-state index contributed by atoms with van der Waals surface area (Å²) < 4.78 is 2.45. The van der Waals surface area contributed by atoms with Crippen LogP contribution in [0, 0.1) is 0 Å². The van der Waals surface area contributed by atoms with E-state index in [2.05, 4.69) is 46.7 Å². The molecule has 0 saturated heterocycles. The van der Waals surface area contributed by atoms with Crippen LogP contribution in [0.2, 0.25) is 0 Å². The van der Waals surface area contributed by atoms with Crippen molar-refractivity contribution in [2.24, 2.45) is 0 Å². The Labute approximate surface area is 133 Å². The zero-order valence-corrected chi connectivity index (χ0v) is 13.3. The number of rotatable bonds is 4. The molecule has 7 nitrogen and oxygen atoms in total. The summed E-state index contributed by atoms with van der Waals surface area (Å²) in [6.07, 6.45) is 1.69. The van der Waals surface area contributed by atoms with E-state index in [4.69, 9.17) is 0 Å². The van der Waals surface area contributed by atoms with Crippen molar-refractivity contribution in [2.45, 2.75) is 10.2 Å². The third kappa shape index (κ3) is 3.03. The first kappa shape index (κ1) is 14.0. The van der Waals surface area contributed by atoms with Gasteiger partial charge in [-0.2, -0.15) is 4.68 Å². The number of aromatic nitrogens is 6. The van der Waals surface area contributed by atoms with Gasteiger partial charge in [0.05, 0.1) is 10.2 Å². The van der Waals surface area contributed by atoms with E-state index < -0.39 is 0 Å². The van der Waals surface area contributed by atoms with Crippen LogP contribution < -0.4 is 5.32 Å². The van der Waals surface area contributed by atoms with E-state index in [9.17, 15) is 0 Å². The summed E-state index contributed by atoms with van der Waals surface area (Å²) in [4.78, 5) is 8.51. The number of halogens is 1. The fourth-order valence-corrected chi connectivity index (χ4v) is 2.80. The Morgan fingerprint density at radius 2 is 2.05 bits per heavy atom. The molecule has 21 heavy (non-hydrogen) atoms. The molecule has 0 aliphatic carbocycles. The highest BCUT2D eigenvalue weighted by Gasteiger charge is 2.13. The van der Waals surface area contributed by atoms with Gasteiger partial charge in [-0.1, -0.05) is 18.2 Å². The van der Waals surface area contributed by atoms with Crippen LogP contribution in [0.1, 0.15) is 0 Å². The summed E-state index contributed by atoms with van der Waals surface area (Å²) in [6, 6.07) is 9.69. The average Bonchev–Trinajstić information content (AvgIpc) is 2.98. The molecule has 106 valence electrons. The van der Waals surface area contributed by atoms with Crippen LogP contribution in [0.5, 0.6) is 0 Å². The second kappa shape index (κ2) is 6.19. The van der Waals surface area contributed by atoms with Gasteiger partial charge >= 0.3 is 0 Å². The molecule has 1 N–H and O–H groups in total. The number of hydrogen-bond donors (Lipinski definition) is 1. The number of nitrogens with zero attached hydrogens (tertiary/aromatic N) is 6. The third-order valence-corrected chi connectivity index (χ3v) is 4.35. The molecule has 0 spiro atoms. The third-order valence-electron chi connectivity index (χ3n) is 2.57. The zero-order valence-electron chi connectivity index (χ0n) is 10.9. The van der Waals surface area contributed by atoms with E-state index in [1.54, 1.807) is 17.9 Å². The van der Waals surface area contributed by atoms with Crippen molar-refractivity contribution in [1.29, 1.82) is 0 Å². The van der Waals surface area contributed by atoms with Crippen LogP contribution in [0.15, 0.2) is 51.2 Å². The van der Waals surface area contributed by atoms with Crippen molar-refractivity contribution in [1.82, 2.24) is 30.2 Å². The lowest BCUT2D eigenvalue weighted by atomic mass is 10.3. The van der Waals surface area contributed by atoms with Crippen molar-refractivity contribution in [2.75, 3.05) is 12.4 Å². The van der Waals surface area contributed by atoms with Gasteiger partial charge in [0.2, 0.25) is 11.1 Å². The van der Waals surface area contributed by atoms with Gasteiger partial charge in [0.15, 0.2) is 0 Å². The predicted molar refractivity (Wildman–Crippen MR) is 82.6 cm³/mol. The van der Waals surface area contributed by atoms with Gasteiger partial charge in [0.1, 0.15) is 5.03 Å². The summed E-state index contributed by atoms with van der Waals surface area (Å²) in [7, 11) is 1.77. The molecule has 0 aliphatic rings. The Kier molecular flexibility index (Phi) is 4.11. The van der Waals surface area contributed by atoms with E-state index in [1.165, 1.54) is 11.8 Å². The fourth-order valence-electron chi connectivity index (χ4n) is 1.60. The average molecular weight is 364 g/mol. The lowest BCUT2D eigenvalue weighted by Gasteiger charge is -2.06. The van der Waals surface area contributed by atoms with Crippen LogP contribution in [0.4, 0.5) is 5.95 Å². The van der Waals surface area contributed by atoms with Crippen molar-refractivity contribution in [3.8, 4) is 5.69 Å². The predicted octanol–water partition coefficient (Wildman–Crippen LogP) is 2.41. The van der Waals surface area contributed by atoms with E-state index in [-0.39, 0.29) is 0 Å². The monoisotopic (exact) mass is 363 g/mol. The highest BCUT2D eigenvalue weighted by molar-refractivity contribution is 9.10. The molecule has 0 radical (unpaired) electrons. The van der Waals surface area contributed by atoms with Gasteiger partial charge < -0.3 is 5.32 Å². The summed E-state index contributed by atoms with van der Waals surface area (Å²) in [5, 5.41) is 16.1. The maximum absolute atomic E-state index is 4.39. The molecule has 0 amide bonds. The van der Waals surface area contributed by atoms with Crippen molar-refractivity contribution >= 4 is 33.6 Å². The molecule has 9 heteroatoms. The van der Waals surface area contributed by atoms with E-state index in [0.717, 1.165) is 15.2 Å². The largest absolute Gasteiger partial charge is 0.357 e. The molecule has 2 aromatic heterocycles. The lowest BCUT2D eigenvalue weighted by Crippen LogP contribution is -2.00. The van der Waals surface area contributed by atoms with Gasteiger partial charge in [-0.05, 0) is 50.3 Å². The van der Waals surface area contributed by atoms with Crippen molar-refractivity contribution in [3.63, 3.8) is 0 Å². The van der Waals surface area contributed by atoms with E-state index in [1.807, 2.05) is 30.3 Å². The van der Waals surface area contributed by atoms with Gasteiger partial charge in [-0.3, -0.25) is 0 Å². The van der Waals surface area contributed by atoms with Gasteiger partial charge in [-0.25, -0.2) is 9.97 Å². The second-order valence-corrected chi connectivity index (χ2v) is 5.72. The maximum Gasteiger partial charge on any atom is 0.223 e. The molecule has 2 heterocycles. The van der Waals surface area contributed by atoms with Gasteiger partial charge in [0, 0.05) is 13.2 Å². The minimum absolute atomic E-state index is 0.541. The number of tetrazole rings is 1. The molecule has 3 rings (SSSR count). The SMILES string of the molecule is CNc1ncc(Br)c(Sc2nnnn2-c2ccccc2)n1. The quantitative estimate of drug-likeness (QED) is 0.712. The Bertz CT molecular complexity index is 746. The summed E-state index contributed by atoms with van der Waals surface area (Å²) >= 11 is 4.80. The number of nitrogens with one attached hydrogen (secondary N) is 1. The smallest absolute Gasteiger partial charge is 0.223 e. The van der Waals surface area contributed by atoms with Crippen LogP contribution in [0.25, 0.3) is 5.69 Å². The first-order valence-electron chi connectivity index (χ1n) is 6.00. The van der Waals surface area contributed by atoms with Crippen LogP contribution in [-0.4, -0.2) is 37.2 Å². The second-order valence-electron chi connectivity index (χ2n) is 3.91. The lowest BCUT2D eigenvalue weighted by molar-refractivity contribution is 0.755. The highest BCUT2D eigenvalue weighted by Crippen LogP contribution is 2.31. The van der Waals surface area contributed by atoms with Gasteiger partial charge in [-0.15, -0.1) is 5.10 Å². The first-order chi connectivity index (χ1) is 10.3. The molecule has 0 saturated carbocycles. The minimum Gasteiger partial charge on any atom is -0.357 e. The Morgan fingerprint density at radius 1 is 1.24 bits per heavy atom. The normalized spacial score (nSPS) is 10.6. The summed E-state index contributed by atoms with van der Waals surface area (Å²) in [5.41, 5.74) is 0.893. The van der Waals surface area contributed by atoms with Crippen LogP contribution >= 0.6 is 27.7 Å². The van der Waals surface area contributed by atoms with E-state index in [0.29, 0.717) is 11.1 Å². The highest BCUT2D eigenvalue weighted by atomic mass is 79.9. The molecule has 0 bridgehead atoms. The molecule has 0 unspecified atom stereocenters. The summed E-state index contributed by atoms with van der Waals surface area (Å²) in [6.45, 7) is 0. The zero-order chi connectivity index (χ0) is 14.7. The Hall–Kier alpha value is -2.00. The van der Waals surface area contributed by atoms with Crippen LogP contribution in [0.3, 0.4) is 0 Å². The molecule has 0 atom stereocenters. The van der Waals surface area contributed by atoms with Crippen molar-refractivity contribution in [3.05, 3.63) is 41.0 Å². The van der Waals surface area contributed by atoms with Gasteiger partial charge in [0.25, 0.3) is 0 Å². The molecular formula is C12H10BrN7S. The standard InChI is InChI=1S/C12H10BrN7S/c1-14-11-15-7-9(13)10(16-11)21-12-17-18-19-20(12)8-5-3-2-4-6-8/h2-7H,1H3,(H,14,15,16). The Balaban J connectivity index is 1.95. The molecule has 3 aromatic rings.